The van der Waals surface area contributed by atoms with Gasteiger partial charge in [0.15, 0.2) is 0 Å². The van der Waals surface area contributed by atoms with Gasteiger partial charge in [-0.05, 0) is 12.3 Å². The Hall–Kier alpha value is 0.290. The molecule has 0 aliphatic rings. The van der Waals surface area contributed by atoms with Crippen molar-refractivity contribution in [3.63, 3.8) is 0 Å². The first-order valence-corrected chi connectivity index (χ1v) is 7.86. The van der Waals surface area contributed by atoms with Gasteiger partial charge in [-0.15, -0.1) is 11.6 Å². The molecule has 0 bridgehead atoms. The zero-order valence-corrected chi connectivity index (χ0v) is 12.2. The SMILES string of the molecule is CC(C)CCCCCCCCCCCCCl. The Balaban J connectivity index is 2.88. The fraction of sp³-hybridized carbons (Fsp3) is 1.00. The Kier molecular flexibility index (Phi) is 13.6. The molecule has 0 fully saturated rings. The zero-order valence-electron chi connectivity index (χ0n) is 11.4. The predicted octanol–water partition coefficient (Wildman–Crippen LogP) is 6.17. The molecule has 0 N–H and O–H groups in total. The first-order valence-electron chi connectivity index (χ1n) is 7.33. The van der Waals surface area contributed by atoms with E-state index in [0.717, 1.165) is 11.8 Å². The second-order valence-corrected chi connectivity index (χ2v) is 5.79. The minimum Gasteiger partial charge on any atom is -0.127 e. The molecule has 0 saturated carbocycles. The van der Waals surface area contributed by atoms with Crippen LogP contribution in [0.15, 0.2) is 0 Å². The minimum atomic E-state index is 0.843. The van der Waals surface area contributed by atoms with Gasteiger partial charge in [0, 0.05) is 5.88 Å². The monoisotopic (exact) mass is 246 g/mol. The standard InChI is InChI=1S/C15H31Cl/c1-15(2)13-11-9-7-5-3-4-6-8-10-12-14-16/h15H,3-14H2,1-2H3. The van der Waals surface area contributed by atoms with Gasteiger partial charge in [0.2, 0.25) is 0 Å². The van der Waals surface area contributed by atoms with Crippen LogP contribution in [0, 0.1) is 5.92 Å². The normalized spacial score (nSPS) is 11.2. The highest BCUT2D eigenvalue weighted by molar-refractivity contribution is 6.17. The largest absolute Gasteiger partial charge is 0.127 e. The van der Waals surface area contributed by atoms with E-state index in [2.05, 4.69) is 13.8 Å². The highest BCUT2D eigenvalue weighted by Gasteiger charge is 1.95. The molecule has 16 heavy (non-hydrogen) atoms. The van der Waals surface area contributed by atoms with Gasteiger partial charge in [0.25, 0.3) is 0 Å². The van der Waals surface area contributed by atoms with E-state index in [1.54, 1.807) is 0 Å². The summed E-state index contributed by atoms with van der Waals surface area (Å²) in [6.45, 7) is 4.64. The maximum Gasteiger partial charge on any atom is 0.0223 e. The van der Waals surface area contributed by atoms with E-state index >= 15 is 0 Å². The Morgan fingerprint density at radius 1 is 0.625 bits per heavy atom. The third-order valence-electron chi connectivity index (χ3n) is 3.17. The molecule has 0 aromatic carbocycles. The van der Waals surface area contributed by atoms with Crippen LogP contribution in [0.4, 0.5) is 0 Å². The van der Waals surface area contributed by atoms with Crippen LogP contribution in [0.3, 0.4) is 0 Å². The Labute approximate surface area is 108 Å². The van der Waals surface area contributed by atoms with Crippen LogP contribution in [0.25, 0.3) is 0 Å². The first-order chi connectivity index (χ1) is 7.77. The van der Waals surface area contributed by atoms with E-state index in [1.165, 1.54) is 70.6 Å². The van der Waals surface area contributed by atoms with Gasteiger partial charge in [-0.25, -0.2) is 0 Å². The average molecular weight is 247 g/mol. The van der Waals surface area contributed by atoms with Crippen molar-refractivity contribution < 1.29 is 0 Å². The number of halogens is 1. The highest BCUT2D eigenvalue weighted by Crippen LogP contribution is 2.13. The number of alkyl halides is 1. The smallest absolute Gasteiger partial charge is 0.0223 e. The molecule has 0 radical (unpaired) electrons. The van der Waals surface area contributed by atoms with Crippen molar-refractivity contribution in [2.45, 2.75) is 84.5 Å². The van der Waals surface area contributed by atoms with Crippen molar-refractivity contribution in [2.24, 2.45) is 5.92 Å². The van der Waals surface area contributed by atoms with Crippen LogP contribution in [-0.2, 0) is 0 Å². The van der Waals surface area contributed by atoms with E-state index in [4.69, 9.17) is 11.6 Å². The fourth-order valence-corrected chi connectivity index (χ4v) is 2.25. The molecule has 0 spiro atoms. The van der Waals surface area contributed by atoms with Crippen molar-refractivity contribution in [2.75, 3.05) is 5.88 Å². The molecule has 0 saturated heterocycles. The van der Waals surface area contributed by atoms with E-state index in [9.17, 15) is 0 Å². The quantitative estimate of drug-likeness (QED) is 0.285. The molecule has 0 amide bonds. The van der Waals surface area contributed by atoms with Gasteiger partial charge in [-0.1, -0.05) is 78.1 Å². The second-order valence-electron chi connectivity index (χ2n) is 5.41. The highest BCUT2D eigenvalue weighted by atomic mass is 35.5. The molecule has 98 valence electrons. The summed E-state index contributed by atoms with van der Waals surface area (Å²) in [5.74, 6) is 1.73. The molecule has 0 aromatic rings. The Morgan fingerprint density at radius 3 is 1.38 bits per heavy atom. The van der Waals surface area contributed by atoms with Crippen molar-refractivity contribution >= 4 is 11.6 Å². The Bertz CT molecular complexity index is 121. The summed E-state index contributed by atoms with van der Waals surface area (Å²) in [6, 6.07) is 0. The molecule has 0 aliphatic heterocycles. The number of hydrogen-bond donors (Lipinski definition) is 0. The lowest BCUT2D eigenvalue weighted by atomic mass is 10.0. The summed E-state index contributed by atoms with van der Waals surface area (Å²) < 4.78 is 0. The summed E-state index contributed by atoms with van der Waals surface area (Å²) >= 11 is 5.63. The third-order valence-corrected chi connectivity index (χ3v) is 3.43. The van der Waals surface area contributed by atoms with Crippen LogP contribution < -0.4 is 0 Å². The predicted molar refractivity (Wildman–Crippen MR) is 76.3 cm³/mol. The van der Waals surface area contributed by atoms with Crippen molar-refractivity contribution in [1.29, 1.82) is 0 Å². The van der Waals surface area contributed by atoms with Crippen LogP contribution in [0.1, 0.15) is 84.5 Å². The van der Waals surface area contributed by atoms with E-state index < -0.39 is 0 Å². The van der Waals surface area contributed by atoms with E-state index in [1.807, 2.05) is 0 Å². The van der Waals surface area contributed by atoms with Crippen molar-refractivity contribution in [3.8, 4) is 0 Å². The summed E-state index contributed by atoms with van der Waals surface area (Å²) in [7, 11) is 0. The summed E-state index contributed by atoms with van der Waals surface area (Å²) in [5, 5.41) is 0. The molecule has 1 heteroatoms. The lowest BCUT2D eigenvalue weighted by Gasteiger charge is -2.04. The zero-order chi connectivity index (χ0) is 12.1. The fourth-order valence-electron chi connectivity index (χ4n) is 2.06. The second kappa shape index (κ2) is 13.4. The molecule has 0 aromatic heterocycles. The molecule has 0 heterocycles. The molecule has 0 unspecified atom stereocenters. The number of rotatable bonds is 12. The van der Waals surface area contributed by atoms with Gasteiger partial charge < -0.3 is 0 Å². The van der Waals surface area contributed by atoms with Crippen molar-refractivity contribution in [3.05, 3.63) is 0 Å². The van der Waals surface area contributed by atoms with Gasteiger partial charge in [0.05, 0.1) is 0 Å². The topological polar surface area (TPSA) is 0 Å². The van der Waals surface area contributed by atoms with E-state index in [0.29, 0.717) is 0 Å². The van der Waals surface area contributed by atoms with Gasteiger partial charge in [-0.3, -0.25) is 0 Å². The van der Waals surface area contributed by atoms with Crippen LogP contribution in [0.2, 0.25) is 0 Å². The summed E-state index contributed by atoms with van der Waals surface area (Å²) in [4.78, 5) is 0. The van der Waals surface area contributed by atoms with E-state index in [-0.39, 0.29) is 0 Å². The molecular weight excluding hydrogens is 216 g/mol. The maximum atomic E-state index is 5.63. The molecule has 0 rings (SSSR count). The molecule has 0 atom stereocenters. The number of unbranched alkanes of at least 4 members (excludes halogenated alkanes) is 9. The summed E-state index contributed by atoms with van der Waals surface area (Å²) in [6.07, 6.45) is 15.4. The average Bonchev–Trinajstić information content (AvgIpc) is 2.25. The van der Waals surface area contributed by atoms with Crippen LogP contribution in [-0.4, -0.2) is 5.88 Å². The van der Waals surface area contributed by atoms with Crippen LogP contribution in [0.5, 0.6) is 0 Å². The lowest BCUT2D eigenvalue weighted by Crippen LogP contribution is -1.87. The molecular formula is C15H31Cl. The molecule has 0 nitrogen and oxygen atoms in total. The van der Waals surface area contributed by atoms with Gasteiger partial charge in [-0.2, -0.15) is 0 Å². The van der Waals surface area contributed by atoms with Gasteiger partial charge >= 0.3 is 0 Å². The Morgan fingerprint density at radius 2 is 1.00 bits per heavy atom. The minimum absolute atomic E-state index is 0.843. The van der Waals surface area contributed by atoms with Crippen LogP contribution >= 0.6 is 11.6 Å². The summed E-state index contributed by atoms with van der Waals surface area (Å²) in [5.41, 5.74) is 0. The van der Waals surface area contributed by atoms with Gasteiger partial charge in [0.1, 0.15) is 0 Å². The third kappa shape index (κ3) is 14.3. The molecule has 0 aliphatic carbocycles. The first kappa shape index (κ1) is 16.3. The van der Waals surface area contributed by atoms with Crippen molar-refractivity contribution in [1.82, 2.24) is 0 Å². The lowest BCUT2D eigenvalue weighted by molar-refractivity contribution is 0.505. The number of hydrogen-bond acceptors (Lipinski definition) is 0. The maximum absolute atomic E-state index is 5.63.